The molecule has 0 bridgehead atoms. The van der Waals surface area contributed by atoms with Crippen LogP contribution in [0.25, 0.3) is 10.9 Å². The molecule has 1 unspecified atom stereocenters. The maximum atomic E-state index is 10.8. The molecule has 0 amide bonds. The molecule has 0 aliphatic carbocycles. The smallest absolute Gasteiger partial charge is 0.325 e. The van der Waals surface area contributed by atoms with E-state index in [4.69, 9.17) is 5.11 Å². The van der Waals surface area contributed by atoms with Crippen molar-refractivity contribution in [2.75, 3.05) is 5.32 Å². The third kappa shape index (κ3) is 2.18. The van der Waals surface area contributed by atoms with Gasteiger partial charge in [0.2, 0.25) is 0 Å². The van der Waals surface area contributed by atoms with Gasteiger partial charge < -0.3 is 10.4 Å². The maximum Gasteiger partial charge on any atom is 0.325 e. The molecule has 2 rings (SSSR count). The van der Waals surface area contributed by atoms with Crippen molar-refractivity contribution in [2.45, 2.75) is 19.9 Å². The van der Waals surface area contributed by atoms with Crippen LogP contribution in [-0.2, 0) is 4.79 Å². The summed E-state index contributed by atoms with van der Waals surface area (Å²) in [7, 11) is 0. The first kappa shape index (κ1) is 11.3. The number of aliphatic carboxylic acids is 1. The topological polar surface area (TPSA) is 75.1 Å². The maximum absolute atomic E-state index is 10.8. The van der Waals surface area contributed by atoms with E-state index >= 15 is 0 Å². The lowest BCUT2D eigenvalue weighted by atomic mass is 10.1. The normalized spacial score (nSPS) is 12.4. The Kier molecular flexibility index (Phi) is 2.91. The van der Waals surface area contributed by atoms with Gasteiger partial charge in [-0.15, -0.1) is 0 Å². The fourth-order valence-electron chi connectivity index (χ4n) is 1.62. The summed E-state index contributed by atoms with van der Waals surface area (Å²) in [6, 6.07) is 5.05. The summed E-state index contributed by atoms with van der Waals surface area (Å²) in [4.78, 5) is 19.1. The Bertz CT molecular complexity index is 569. The molecule has 1 aromatic carbocycles. The molecule has 5 nitrogen and oxygen atoms in total. The van der Waals surface area contributed by atoms with Gasteiger partial charge in [0.25, 0.3) is 0 Å². The first-order chi connectivity index (χ1) is 8.09. The van der Waals surface area contributed by atoms with E-state index in [1.807, 2.05) is 25.1 Å². The number of hydrogen-bond acceptors (Lipinski definition) is 4. The highest BCUT2D eigenvalue weighted by Crippen LogP contribution is 2.21. The highest BCUT2D eigenvalue weighted by atomic mass is 16.4. The van der Waals surface area contributed by atoms with E-state index in [1.54, 1.807) is 6.92 Å². The highest BCUT2D eigenvalue weighted by Gasteiger charge is 2.13. The van der Waals surface area contributed by atoms with Crippen molar-refractivity contribution in [3.63, 3.8) is 0 Å². The molecule has 1 atom stereocenters. The van der Waals surface area contributed by atoms with E-state index < -0.39 is 12.0 Å². The van der Waals surface area contributed by atoms with Gasteiger partial charge in [-0.1, -0.05) is 12.1 Å². The molecule has 5 heteroatoms. The molecule has 1 heterocycles. The molecule has 0 fully saturated rings. The van der Waals surface area contributed by atoms with Gasteiger partial charge in [0.15, 0.2) is 0 Å². The molecule has 17 heavy (non-hydrogen) atoms. The number of fused-ring (bicyclic) bond motifs is 1. The van der Waals surface area contributed by atoms with Crippen LogP contribution in [0.3, 0.4) is 0 Å². The van der Waals surface area contributed by atoms with Gasteiger partial charge in [-0.05, 0) is 25.5 Å². The number of carboxylic acid groups (broad SMARTS) is 1. The van der Waals surface area contributed by atoms with Crippen LogP contribution in [0.1, 0.15) is 12.5 Å². The van der Waals surface area contributed by atoms with Crippen molar-refractivity contribution in [3.05, 3.63) is 30.1 Å². The van der Waals surface area contributed by atoms with Gasteiger partial charge in [-0.25, -0.2) is 9.97 Å². The lowest BCUT2D eigenvalue weighted by molar-refractivity contribution is -0.137. The summed E-state index contributed by atoms with van der Waals surface area (Å²) in [5.41, 5.74) is 1.87. The first-order valence-electron chi connectivity index (χ1n) is 5.29. The van der Waals surface area contributed by atoms with E-state index in [-0.39, 0.29) is 0 Å². The number of para-hydroxylation sites is 1. The van der Waals surface area contributed by atoms with Gasteiger partial charge in [0, 0.05) is 5.39 Å². The van der Waals surface area contributed by atoms with Crippen LogP contribution in [0.15, 0.2) is 24.5 Å². The standard InChI is InChI=1S/C12H13N3O2/c1-7-4-3-5-9-10(7)13-6-14-11(9)15-8(2)12(16)17/h3-6,8H,1-2H3,(H,16,17)(H,13,14,15). The van der Waals surface area contributed by atoms with Crippen molar-refractivity contribution in [2.24, 2.45) is 0 Å². The Labute approximate surface area is 98.5 Å². The van der Waals surface area contributed by atoms with E-state index in [0.29, 0.717) is 5.82 Å². The number of nitrogens with zero attached hydrogens (tertiary/aromatic N) is 2. The van der Waals surface area contributed by atoms with Crippen LogP contribution < -0.4 is 5.32 Å². The van der Waals surface area contributed by atoms with Gasteiger partial charge in [-0.3, -0.25) is 4.79 Å². The summed E-state index contributed by atoms with van der Waals surface area (Å²) in [6.07, 6.45) is 1.44. The van der Waals surface area contributed by atoms with Crippen molar-refractivity contribution in [3.8, 4) is 0 Å². The number of hydrogen-bond donors (Lipinski definition) is 2. The Morgan fingerprint density at radius 3 is 2.88 bits per heavy atom. The van der Waals surface area contributed by atoms with E-state index in [1.165, 1.54) is 6.33 Å². The van der Waals surface area contributed by atoms with Crippen LogP contribution in [0.4, 0.5) is 5.82 Å². The minimum Gasteiger partial charge on any atom is -0.480 e. The fourth-order valence-corrected chi connectivity index (χ4v) is 1.62. The van der Waals surface area contributed by atoms with Gasteiger partial charge >= 0.3 is 5.97 Å². The van der Waals surface area contributed by atoms with E-state index in [0.717, 1.165) is 16.5 Å². The third-order valence-electron chi connectivity index (χ3n) is 2.59. The van der Waals surface area contributed by atoms with Crippen molar-refractivity contribution in [1.29, 1.82) is 0 Å². The molecule has 88 valence electrons. The predicted molar refractivity (Wildman–Crippen MR) is 65.0 cm³/mol. The molecule has 2 aromatic rings. The Balaban J connectivity index is 2.48. The van der Waals surface area contributed by atoms with Crippen LogP contribution in [0.2, 0.25) is 0 Å². The predicted octanol–water partition coefficient (Wildman–Crippen LogP) is 1.82. The van der Waals surface area contributed by atoms with Crippen LogP contribution in [0, 0.1) is 6.92 Å². The molecular formula is C12H13N3O2. The number of rotatable bonds is 3. The fraction of sp³-hybridized carbons (Fsp3) is 0.250. The molecule has 2 N–H and O–H groups in total. The summed E-state index contributed by atoms with van der Waals surface area (Å²) in [5.74, 6) is -0.363. The highest BCUT2D eigenvalue weighted by molar-refractivity contribution is 5.92. The second-order valence-corrected chi connectivity index (χ2v) is 3.90. The van der Waals surface area contributed by atoms with E-state index in [2.05, 4.69) is 15.3 Å². The number of anilines is 1. The average Bonchev–Trinajstić information content (AvgIpc) is 2.30. The van der Waals surface area contributed by atoms with Crippen LogP contribution in [0.5, 0.6) is 0 Å². The molecule has 0 saturated heterocycles. The summed E-state index contributed by atoms with van der Waals surface area (Å²) in [5, 5.41) is 12.6. The number of aromatic nitrogens is 2. The molecule has 0 saturated carbocycles. The molecule has 0 radical (unpaired) electrons. The molecule has 0 aliphatic rings. The second-order valence-electron chi connectivity index (χ2n) is 3.90. The second kappa shape index (κ2) is 4.37. The number of nitrogens with one attached hydrogen (secondary N) is 1. The summed E-state index contributed by atoms with van der Waals surface area (Å²) in [6.45, 7) is 3.53. The SMILES string of the molecule is Cc1cccc2c(NC(C)C(=O)O)ncnc12. The summed E-state index contributed by atoms with van der Waals surface area (Å²) < 4.78 is 0. The first-order valence-corrected chi connectivity index (χ1v) is 5.29. The van der Waals surface area contributed by atoms with Gasteiger partial charge in [0.1, 0.15) is 18.2 Å². The van der Waals surface area contributed by atoms with Crippen molar-refractivity contribution < 1.29 is 9.90 Å². The van der Waals surface area contributed by atoms with Crippen LogP contribution >= 0.6 is 0 Å². The molecular weight excluding hydrogens is 218 g/mol. The Morgan fingerprint density at radius 2 is 2.18 bits per heavy atom. The van der Waals surface area contributed by atoms with Gasteiger partial charge in [-0.2, -0.15) is 0 Å². The average molecular weight is 231 g/mol. The number of carboxylic acids is 1. The van der Waals surface area contributed by atoms with Crippen molar-refractivity contribution >= 4 is 22.7 Å². The van der Waals surface area contributed by atoms with E-state index in [9.17, 15) is 4.79 Å². The molecule has 0 spiro atoms. The Hall–Kier alpha value is -2.17. The third-order valence-corrected chi connectivity index (χ3v) is 2.59. The van der Waals surface area contributed by atoms with Gasteiger partial charge in [0.05, 0.1) is 5.52 Å². The number of benzene rings is 1. The van der Waals surface area contributed by atoms with Crippen molar-refractivity contribution in [1.82, 2.24) is 9.97 Å². The molecule has 1 aromatic heterocycles. The number of carbonyl (C=O) groups is 1. The monoisotopic (exact) mass is 231 g/mol. The lowest BCUT2D eigenvalue weighted by Crippen LogP contribution is -2.26. The lowest BCUT2D eigenvalue weighted by Gasteiger charge is -2.12. The minimum atomic E-state index is -0.913. The number of aryl methyl sites for hydroxylation is 1. The van der Waals surface area contributed by atoms with Crippen LogP contribution in [-0.4, -0.2) is 27.1 Å². The Morgan fingerprint density at radius 1 is 1.41 bits per heavy atom. The zero-order valence-corrected chi connectivity index (χ0v) is 9.64. The quantitative estimate of drug-likeness (QED) is 0.842. The minimum absolute atomic E-state index is 0.550. The molecule has 0 aliphatic heterocycles. The zero-order chi connectivity index (χ0) is 12.4. The zero-order valence-electron chi connectivity index (χ0n) is 9.64. The summed E-state index contributed by atoms with van der Waals surface area (Å²) >= 11 is 0. The largest absolute Gasteiger partial charge is 0.480 e.